The van der Waals surface area contributed by atoms with E-state index in [0.29, 0.717) is 0 Å². The van der Waals surface area contributed by atoms with Crippen molar-refractivity contribution in [2.75, 3.05) is 0 Å². The second-order valence-electron chi connectivity index (χ2n) is 3.25. The zero-order valence-electron chi connectivity index (χ0n) is 8.03. The number of rotatable bonds is 0. The first-order valence-corrected chi connectivity index (χ1v) is 4.40. The van der Waals surface area contributed by atoms with Gasteiger partial charge in [0, 0.05) is 11.2 Å². The molecular formula is C12H12ClNO. The van der Waals surface area contributed by atoms with Crippen molar-refractivity contribution >= 4 is 23.3 Å². The first-order valence-electron chi connectivity index (χ1n) is 4.40. The molecule has 3 heteroatoms. The fourth-order valence-corrected chi connectivity index (χ4v) is 1.72. The lowest BCUT2D eigenvalue weighted by atomic mass is 10.1. The van der Waals surface area contributed by atoms with Crippen molar-refractivity contribution in [2.45, 2.75) is 0 Å². The Bertz CT molecular complexity index is 486. The highest BCUT2D eigenvalue weighted by Crippen LogP contribution is 2.24. The molecule has 0 saturated carbocycles. The molecule has 0 aromatic heterocycles. The SMILES string of the molecule is Cl.O.c1cc2cc3ccccc3[nH]c-2c1. The molecule has 0 unspecified atom stereocenters. The minimum atomic E-state index is 0. The Balaban J connectivity index is 0.000000562. The molecule has 1 aromatic rings. The Labute approximate surface area is 94.0 Å². The van der Waals surface area contributed by atoms with Crippen LogP contribution in [0.25, 0.3) is 22.2 Å². The van der Waals surface area contributed by atoms with Crippen molar-refractivity contribution in [1.82, 2.24) is 4.98 Å². The monoisotopic (exact) mass is 221 g/mol. The Morgan fingerprint density at radius 3 is 2.53 bits per heavy atom. The predicted molar refractivity (Wildman–Crippen MR) is 65.8 cm³/mol. The number of nitrogens with one attached hydrogen (secondary N) is 1. The third kappa shape index (κ3) is 1.82. The highest BCUT2D eigenvalue weighted by atomic mass is 35.5. The standard InChI is InChI=1S/C12H9N.ClH.H2O/c1-2-6-11-9(4-1)8-10-5-3-7-12(10)13-11;;/h1-8,13H;1H;1H2. The fourth-order valence-electron chi connectivity index (χ4n) is 1.72. The van der Waals surface area contributed by atoms with Gasteiger partial charge < -0.3 is 10.5 Å². The molecule has 15 heavy (non-hydrogen) atoms. The molecule has 0 fully saturated rings. The van der Waals surface area contributed by atoms with Crippen LogP contribution in [0.4, 0.5) is 0 Å². The number of halogens is 1. The van der Waals surface area contributed by atoms with Gasteiger partial charge in [0.15, 0.2) is 0 Å². The van der Waals surface area contributed by atoms with Gasteiger partial charge in [0.1, 0.15) is 0 Å². The van der Waals surface area contributed by atoms with Gasteiger partial charge in [-0.2, -0.15) is 0 Å². The molecule has 1 heterocycles. The number of fused-ring (bicyclic) bond motifs is 2. The summed E-state index contributed by atoms with van der Waals surface area (Å²) in [5.41, 5.74) is 3.68. The molecule has 78 valence electrons. The Kier molecular flexibility index (Phi) is 3.35. The lowest BCUT2D eigenvalue weighted by Crippen LogP contribution is -1.82. The molecule has 3 N–H and O–H groups in total. The smallest absolute Gasteiger partial charge is 0.0458 e. The molecule has 0 saturated heterocycles. The van der Waals surface area contributed by atoms with Crippen LogP contribution in [-0.4, -0.2) is 10.5 Å². The van der Waals surface area contributed by atoms with E-state index in [1.807, 2.05) is 6.07 Å². The zero-order valence-corrected chi connectivity index (χ0v) is 8.84. The number of hydrogen-bond acceptors (Lipinski definition) is 0. The van der Waals surface area contributed by atoms with Crippen LogP contribution in [0.1, 0.15) is 0 Å². The van der Waals surface area contributed by atoms with Crippen molar-refractivity contribution in [2.24, 2.45) is 0 Å². The van der Waals surface area contributed by atoms with Crippen LogP contribution in [0.15, 0.2) is 48.5 Å². The Hall–Kier alpha value is -1.51. The van der Waals surface area contributed by atoms with E-state index in [1.165, 1.54) is 22.2 Å². The lowest BCUT2D eigenvalue weighted by molar-refractivity contribution is 0.824. The van der Waals surface area contributed by atoms with Crippen LogP contribution < -0.4 is 0 Å². The number of hydrogen-bond donors (Lipinski definition) is 1. The second-order valence-corrected chi connectivity index (χ2v) is 3.25. The van der Waals surface area contributed by atoms with Crippen LogP contribution in [0.5, 0.6) is 0 Å². The number of aromatic nitrogens is 1. The van der Waals surface area contributed by atoms with Crippen molar-refractivity contribution in [3.05, 3.63) is 48.5 Å². The van der Waals surface area contributed by atoms with Crippen molar-refractivity contribution in [3.63, 3.8) is 0 Å². The number of pyridine rings is 1. The molecule has 2 nitrogen and oxygen atoms in total. The molecule has 0 spiro atoms. The van der Waals surface area contributed by atoms with Crippen LogP contribution in [-0.2, 0) is 0 Å². The van der Waals surface area contributed by atoms with E-state index < -0.39 is 0 Å². The molecule has 0 atom stereocenters. The summed E-state index contributed by atoms with van der Waals surface area (Å²) in [7, 11) is 0. The number of H-pyrrole nitrogens is 1. The van der Waals surface area contributed by atoms with E-state index >= 15 is 0 Å². The van der Waals surface area contributed by atoms with E-state index in [0.717, 1.165) is 0 Å². The van der Waals surface area contributed by atoms with Crippen LogP contribution in [0.2, 0.25) is 0 Å². The van der Waals surface area contributed by atoms with E-state index in [-0.39, 0.29) is 17.9 Å². The highest BCUT2D eigenvalue weighted by Gasteiger charge is 2.02. The number of aromatic amines is 1. The average molecular weight is 222 g/mol. The van der Waals surface area contributed by atoms with Gasteiger partial charge in [0.25, 0.3) is 0 Å². The average Bonchev–Trinajstić information content (AvgIpc) is 2.61. The molecule has 3 rings (SSSR count). The van der Waals surface area contributed by atoms with Crippen molar-refractivity contribution < 1.29 is 5.48 Å². The third-order valence-electron chi connectivity index (χ3n) is 2.39. The molecule has 0 bridgehead atoms. The van der Waals surface area contributed by atoms with Gasteiger partial charge in [-0.15, -0.1) is 12.4 Å². The summed E-state index contributed by atoms with van der Waals surface area (Å²) < 4.78 is 0. The van der Waals surface area contributed by atoms with Gasteiger partial charge in [0.05, 0.1) is 0 Å². The summed E-state index contributed by atoms with van der Waals surface area (Å²) in [6.07, 6.45) is 0. The Morgan fingerprint density at radius 1 is 0.867 bits per heavy atom. The van der Waals surface area contributed by atoms with Gasteiger partial charge >= 0.3 is 0 Å². The maximum atomic E-state index is 3.39. The van der Waals surface area contributed by atoms with Gasteiger partial charge in [-0.05, 0) is 29.1 Å². The maximum absolute atomic E-state index is 3.39. The van der Waals surface area contributed by atoms with Crippen LogP contribution >= 0.6 is 12.4 Å². The summed E-state index contributed by atoms with van der Waals surface area (Å²) in [5.74, 6) is 0. The summed E-state index contributed by atoms with van der Waals surface area (Å²) in [6.45, 7) is 0. The first kappa shape index (κ1) is 11.6. The van der Waals surface area contributed by atoms with E-state index in [1.54, 1.807) is 0 Å². The van der Waals surface area contributed by atoms with Crippen LogP contribution in [0.3, 0.4) is 0 Å². The molecule has 0 radical (unpaired) electrons. The van der Waals surface area contributed by atoms with Gasteiger partial charge in [-0.1, -0.05) is 30.3 Å². The van der Waals surface area contributed by atoms with Gasteiger partial charge in [-0.25, -0.2) is 0 Å². The molecule has 1 aliphatic heterocycles. The number of benzene rings is 1. The summed E-state index contributed by atoms with van der Waals surface area (Å²) in [4.78, 5) is 3.39. The van der Waals surface area contributed by atoms with E-state index in [2.05, 4.69) is 47.4 Å². The first-order chi connectivity index (χ1) is 6.43. The molecular weight excluding hydrogens is 210 g/mol. The quantitative estimate of drug-likeness (QED) is 0.607. The largest absolute Gasteiger partial charge is 0.412 e. The molecule has 2 aliphatic rings. The second kappa shape index (κ2) is 4.34. The van der Waals surface area contributed by atoms with Crippen molar-refractivity contribution in [1.29, 1.82) is 0 Å². The third-order valence-corrected chi connectivity index (χ3v) is 2.39. The minimum Gasteiger partial charge on any atom is -0.412 e. The van der Waals surface area contributed by atoms with Crippen LogP contribution in [0, 0.1) is 0 Å². The van der Waals surface area contributed by atoms with Gasteiger partial charge in [0.2, 0.25) is 0 Å². The summed E-state index contributed by atoms with van der Waals surface area (Å²) in [5, 5.41) is 1.27. The fraction of sp³-hybridized carbons (Fsp3) is 0. The minimum absolute atomic E-state index is 0. The predicted octanol–water partition coefficient (Wildman–Crippen LogP) is 2.87. The lowest BCUT2D eigenvalue weighted by Gasteiger charge is -2.03. The maximum Gasteiger partial charge on any atom is 0.0458 e. The van der Waals surface area contributed by atoms with Crippen molar-refractivity contribution in [3.8, 4) is 11.3 Å². The summed E-state index contributed by atoms with van der Waals surface area (Å²) >= 11 is 0. The van der Waals surface area contributed by atoms with Gasteiger partial charge in [-0.3, -0.25) is 0 Å². The van der Waals surface area contributed by atoms with E-state index in [9.17, 15) is 0 Å². The summed E-state index contributed by atoms with van der Waals surface area (Å²) in [6, 6.07) is 16.8. The van der Waals surface area contributed by atoms with E-state index in [4.69, 9.17) is 0 Å². The normalized spacial score (nSPS) is 9.60. The zero-order chi connectivity index (χ0) is 8.67. The molecule has 0 amide bonds. The molecule has 1 aliphatic carbocycles. The number of para-hydroxylation sites is 1. The Morgan fingerprint density at radius 2 is 1.67 bits per heavy atom. The molecule has 1 aromatic carbocycles. The highest BCUT2D eigenvalue weighted by molar-refractivity contribution is 5.86. The topological polar surface area (TPSA) is 47.3 Å².